The summed E-state index contributed by atoms with van der Waals surface area (Å²) in [5.41, 5.74) is -3.87. The van der Waals surface area contributed by atoms with Crippen LogP contribution < -0.4 is 5.73 Å². The van der Waals surface area contributed by atoms with Gasteiger partial charge in [0.1, 0.15) is 12.2 Å². The summed E-state index contributed by atoms with van der Waals surface area (Å²) in [4.78, 5) is 82.4. The van der Waals surface area contributed by atoms with Crippen molar-refractivity contribution in [3.05, 3.63) is 0 Å². The van der Waals surface area contributed by atoms with Gasteiger partial charge in [-0.3, -0.25) is 28.9 Å². The first-order chi connectivity index (χ1) is 18.8. The lowest BCUT2D eigenvalue weighted by Crippen LogP contribution is -2.78. The summed E-state index contributed by atoms with van der Waals surface area (Å²) in [6.45, 7) is 6.48. The van der Waals surface area contributed by atoms with Crippen molar-refractivity contribution < 1.29 is 53.3 Å². The normalized spacial score (nSPS) is 20.7. The van der Waals surface area contributed by atoms with Crippen molar-refractivity contribution in [1.82, 2.24) is 9.80 Å². The van der Waals surface area contributed by atoms with E-state index in [-0.39, 0.29) is 17.7 Å². The molecule has 0 heterocycles. The van der Waals surface area contributed by atoms with Crippen molar-refractivity contribution in [2.24, 2.45) is 11.7 Å². The molecule has 0 saturated carbocycles. The highest BCUT2D eigenvalue weighted by atomic mass is 16.4. The van der Waals surface area contributed by atoms with Gasteiger partial charge in [0.05, 0.1) is 6.04 Å². The Labute approximate surface area is 227 Å². The molecule has 0 saturated heterocycles. The summed E-state index contributed by atoms with van der Waals surface area (Å²) < 4.78 is 24.1. The smallest absolute Gasteiger partial charge is 0.343 e. The minimum atomic E-state index is -3.43. The molecule has 1 amide bonds. The Morgan fingerprint density at radius 3 is 1.79 bits per heavy atom. The average molecular weight is 549 g/mol. The van der Waals surface area contributed by atoms with Crippen LogP contribution in [0.15, 0.2) is 0 Å². The molecule has 0 fully saturated rings. The van der Waals surface area contributed by atoms with Crippen molar-refractivity contribution in [3.63, 3.8) is 0 Å². The van der Waals surface area contributed by atoms with Crippen LogP contribution in [0.2, 0.25) is 0 Å². The zero-order valence-corrected chi connectivity index (χ0v) is 22.8. The Bertz CT molecular complexity index is 1010. The van der Waals surface area contributed by atoms with E-state index < -0.39 is 103 Å². The van der Waals surface area contributed by atoms with Gasteiger partial charge in [-0.05, 0) is 47.2 Å². The summed E-state index contributed by atoms with van der Waals surface area (Å²) >= 11 is 0. The van der Waals surface area contributed by atoms with E-state index in [0.717, 1.165) is 13.8 Å². The van der Waals surface area contributed by atoms with E-state index in [1.807, 2.05) is 0 Å². The lowest BCUT2D eigenvalue weighted by molar-refractivity contribution is -0.180. The fourth-order valence-corrected chi connectivity index (χ4v) is 4.19. The molecule has 0 bridgehead atoms. The topological polar surface area (TPSA) is 216 Å². The van der Waals surface area contributed by atoms with Gasteiger partial charge >= 0.3 is 5.97 Å². The second-order valence-corrected chi connectivity index (χ2v) is 9.65. The van der Waals surface area contributed by atoms with Crippen LogP contribution in [0.5, 0.6) is 0 Å². The number of aliphatic carboxylic acids is 1. The van der Waals surface area contributed by atoms with E-state index in [1.165, 1.54) is 20.8 Å². The number of rotatable bonds is 16. The minimum absolute atomic E-state index is 0.0102. The quantitative estimate of drug-likeness (QED) is 0.140. The number of hydrogen-bond donors (Lipinski definition) is 5. The molecule has 0 aliphatic heterocycles. The third-order valence-electron chi connectivity index (χ3n) is 6.91. The first-order valence-corrected chi connectivity index (χ1v) is 12.0. The Morgan fingerprint density at radius 2 is 1.45 bits per heavy atom. The van der Waals surface area contributed by atoms with Crippen LogP contribution >= 0.6 is 0 Å². The number of carbonyl (C=O) groups excluding carboxylic acids is 5. The standard InChI is InChI=1S/C25H43N3O10/c1-10-13(3)25(28(9)19(33)15(5)30,20(34)23(6,38)22(36)37)21(35)24(27(7)8,18(32)14(4)29)12-17(31)16(26)11-2/h13-16,29-30,38H,10-12,26H2,1-9H3,(H,36,37)/t13-,14+,15+,16?,23-,24-,25+/m1/s1/i7D,8D,9D. The van der Waals surface area contributed by atoms with E-state index in [1.54, 1.807) is 0 Å². The molecule has 6 N–H and O–H groups in total. The number of hydrogen-bond acceptors (Lipinski definition) is 11. The molecule has 0 aliphatic carbocycles. The van der Waals surface area contributed by atoms with Crippen LogP contribution in [0.4, 0.5) is 0 Å². The number of carboxylic acids is 1. The highest BCUT2D eigenvalue weighted by molar-refractivity contribution is 6.30. The number of carbonyl (C=O) groups is 6. The monoisotopic (exact) mass is 548 g/mol. The van der Waals surface area contributed by atoms with Crippen molar-refractivity contribution >= 4 is 35.0 Å². The maximum absolute atomic E-state index is 15.1. The van der Waals surface area contributed by atoms with Gasteiger partial charge in [0.2, 0.25) is 11.4 Å². The van der Waals surface area contributed by atoms with Crippen LogP contribution in [-0.4, -0.2) is 121 Å². The van der Waals surface area contributed by atoms with Gasteiger partial charge in [-0.2, -0.15) is 0 Å². The molecule has 0 rings (SSSR count). The molecule has 38 heavy (non-hydrogen) atoms. The van der Waals surface area contributed by atoms with Gasteiger partial charge < -0.3 is 31.1 Å². The summed E-state index contributed by atoms with van der Waals surface area (Å²) in [6.07, 6.45) is -5.44. The van der Waals surface area contributed by atoms with Crippen LogP contribution in [0.3, 0.4) is 0 Å². The van der Waals surface area contributed by atoms with E-state index >= 15 is 4.79 Å². The third-order valence-corrected chi connectivity index (χ3v) is 6.91. The predicted molar refractivity (Wildman–Crippen MR) is 136 cm³/mol. The zero-order valence-electron chi connectivity index (χ0n) is 25.8. The minimum Gasteiger partial charge on any atom is -0.479 e. The second kappa shape index (κ2) is 13.0. The molecule has 7 atom stereocenters. The SMILES string of the molecule is [2H]CN(C[2H])[C@](CC(=O)C(N)CC)(C(=O)[C@H](C)O)C(=O)[C@@](C(=O)[C@@](C)(O)C(=O)O)([C@H](C)CC)N(C[2H])C(=O)[C@H](C)O. The molecular formula is C25H43N3O10. The Morgan fingerprint density at radius 1 is 0.921 bits per heavy atom. The largest absolute Gasteiger partial charge is 0.479 e. The number of Topliss-reactive ketones (excluding diaryl/α,β-unsaturated/α-hetero) is 4. The van der Waals surface area contributed by atoms with Crippen LogP contribution in [0.25, 0.3) is 0 Å². The molecular weight excluding hydrogens is 502 g/mol. The number of likely N-dealkylation sites (N-methyl/N-ethyl adjacent to an activating group) is 2. The van der Waals surface area contributed by atoms with Gasteiger partial charge in [0, 0.05) is 17.6 Å². The van der Waals surface area contributed by atoms with E-state index in [9.17, 15) is 44.4 Å². The maximum atomic E-state index is 15.1. The van der Waals surface area contributed by atoms with Crippen LogP contribution in [0, 0.1) is 5.92 Å². The lowest BCUT2D eigenvalue weighted by atomic mass is 9.62. The number of carboxylic acid groups (broad SMARTS) is 1. The van der Waals surface area contributed by atoms with Crippen LogP contribution in [0.1, 0.15) is 64.9 Å². The van der Waals surface area contributed by atoms with Gasteiger partial charge in [-0.25, -0.2) is 4.79 Å². The van der Waals surface area contributed by atoms with E-state index in [2.05, 4.69) is 0 Å². The highest BCUT2D eigenvalue weighted by Gasteiger charge is 2.68. The fraction of sp³-hybridized carbons (Fsp3) is 0.760. The maximum Gasteiger partial charge on any atom is 0.343 e. The van der Waals surface area contributed by atoms with E-state index in [4.69, 9.17) is 9.85 Å². The van der Waals surface area contributed by atoms with E-state index in [0.29, 0.717) is 11.8 Å². The fourth-order valence-electron chi connectivity index (χ4n) is 4.19. The third kappa shape index (κ3) is 6.01. The summed E-state index contributed by atoms with van der Waals surface area (Å²) in [5.74, 6) is -11.1. The number of aliphatic hydroxyl groups is 3. The van der Waals surface area contributed by atoms with Crippen molar-refractivity contribution in [1.29, 1.82) is 0 Å². The molecule has 0 radical (unpaired) electrons. The first kappa shape index (κ1) is 30.0. The molecule has 0 spiro atoms. The number of ketones is 4. The molecule has 13 heteroatoms. The molecule has 218 valence electrons. The van der Waals surface area contributed by atoms with Gasteiger partial charge in [-0.15, -0.1) is 0 Å². The number of nitrogens with two attached hydrogens (primary N) is 1. The Kier molecular flexibility index (Phi) is 10.2. The lowest BCUT2D eigenvalue weighted by Gasteiger charge is -2.51. The molecule has 0 aromatic rings. The van der Waals surface area contributed by atoms with Crippen molar-refractivity contribution in [2.45, 2.75) is 95.7 Å². The number of aliphatic hydroxyl groups excluding tert-OH is 2. The molecule has 13 nitrogen and oxygen atoms in total. The molecule has 0 aromatic heterocycles. The second-order valence-electron chi connectivity index (χ2n) is 9.65. The summed E-state index contributed by atoms with van der Waals surface area (Å²) in [7, 11) is -3.34. The summed E-state index contributed by atoms with van der Waals surface area (Å²) in [5, 5.41) is 41.2. The van der Waals surface area contributed by atoms with Gasteiger partial charge in [-0.1, -0.05) is 27.2 Å². The zero-order chi connectivity index (χ0) is 32.7. The predicted octanol–water partition coefficient (Wildman–Crippen LogP) is -1.47. The average Bonchev–Trinajstić information content (AvgIpc) is 2.92. The number of nitrogens with zero attached hydrogens (tertiary/aromatic N) is 2. The highest BCUT2D eigenvalue weighted by Crippen LogP contribution is 2.40. The van der Waals surface area contributed by atoms with Gasteiger partial charge in [0.15, 0.2) is 28.4 Å². The number of amides is 1. The van der Waals surface area contributed by atoms with Crippen molar-refractivity contribution in [3.8, 4) is 0 Å². The van der Waals surface area contributed by atoms with Crippen LogP contribution in [-0.2, 0) is 28.8 Å². The van der Waals surface area contributed by atoms with Gasteiger partial charge in [0.25, 0.3) is 5.91 Å². The summed E-state index contributed by atoms with van der Waals surface area (Å²) in [6, 6.07) is -1.29. The first-order valence-electron chi connectivity index (χ1n) is 14.1. The van der Waals surface area contributed by atoms with Crippen molar-refractivity contribution in [2.75, 3.05) is 21.1 Å². The molecule has 0 aromatic carbocycles. The Hall–Kier alpha value is -2.58. The Balaban J connectivity index is 8.56. The molecule has 0 aliphatic rings. The molecule has 1 unspecified atom stereocenters.